The molecule has 0 fully saturated rings. The lowest BCUT2D eigenvalue weighted by Crippen LogP contribution is -2.02. The number of rotatable bonds is 3. The maximum Gasteiger partial charge on any atom is 0.115 e. The summed E-state index contributed by atoms with van der Waals surface area (Å²) in [5, 5.41) is 9.77. The van der Waals surface area contributed by atoms with E-state index >= 15 is 0 Å². The standard InChI is InChI=1S/C16H11Cl2N3/c17-8-7-16-20-14-6-1-11(10-19)9-15(14)21(16)13-4-2-12(18)3-5-13/h1-6,9H,7-8H2. The second kappa shape index (κ2) is 5.77. The van der Waals surface area contributed by atoms with Crippen LogP contribution in [-0.4, -0.2) is 15.4 Å². The number of alkyl halides is 1. The molecule has 0 N–H and O–H groups in total. The summed E-state index contributed by atoms with van der Waals surface area (Å²) in [5.74, 6) is 1.36. The molecular formula is C16H11Cl2N3. The van der Waals surface area contributed by atoms with Gasteiger partial charge in [-0.25, -0.2) is 4.98 Å². The van der Waals surface area contributed by atoms with E-state index in [9.17, 15) is 0 Å². The van der Waals surface area contributed by atoms with Gasteiger partial charge in [-0.1, -0.05) is 11.6 Å². The highest BCUT2D eigenvalue weighted by Crippen LogP contribution is 2.24. The van der Waals surface area contributed by atoms with Gasteiger partial charge in [0.25, 0.3) is 0 Å². The minimum absolute atomic E-state index is 0.488. The molecular weight excluding hydrogens is 305 g/mol. The molecule has 2 aromatic carbocycles. The van der Waals surface area contributed by atoms with Crippen LogP contribution in [0.25, 0.3) is 16.7 Å². The molecule has 104 valence electrons. The number of fused-ring (bicyclic) bond motifs is 1. The summed E-state index contributed by atoms with van der Waals surface area (Å²) >= 11 is 11.8. The van der Waals surface area contributed by atoms with Crippen LogP contribution in [0.3, 0.4) is 0 Å². The van der Waals surface area contributed by atoms with Gasteiger partial charge in [0.1, 0.15) is 5.82 Å². The van der Waals surface area contributed by atoms with Crippen LogP contribution in [0.4, 0.5) is 0 Å². The Labute approximate surface area is 132 Å². The lowest BCUT2D eigenvalue weighted by Gasteiger charge is -2.08. The van der Waals surface area contributed by atoms with Crippen LogP contribution in [0.2, 0.25) is 5.02 Å². The summed E-state index contributed by atoms with van der Waals surface area (Å²) in [4.78, 5) is 4.61. The first-order valence-corrected chi connectivity index (χ1v) is 7.37. The highest BCUT2D eigenvalue weighted by Gasteiger charge is 2.12. The summed E-state index contributed by atoms with van der Waals surface area (Å²) in [6.45, 7) is 0. The minimum atomic E-state index is 0.488. The number of aryl methyl sites for hydroxylation is 1. The van der Waals surface area contributed by atoms with Gasteiger partial charge in [-0.15, -0.1) is 11.6 Å². The van der Waals surface area contributed by atoms with Gasteiger partial charge in [-0.2, -0.15) is 5.26 Å². The Balaban J connectivity index is 2.28. The third-order valence-corrected chi connectivity index (χ3v) is 3.70. The maximum atomic E-state index is 9.09. The van der Waals surface area contributed by atoms with Crippen molar-refractivity contribution in [1.82, 2.24) is 9.55 Å². The molecule has 1 heterocycles. The monoisotopic (exact) mass is 315 g/mol. The van der Waals surface area contributed by atoms with Crippen molar-refractivity contribution in [2.75, 3.05) is 5.88 Å². The van der Waals surface area contributed by atoms with E-state index in [4.69, 9.17) is 28.5 Å². The SMILES string of the molecule is N#Cc1ccc2nc(CCCl)n(-c3ccc(Cl)cc3)c2c1. The maximum absolute atomic E-state index is 9.09. The number of hydrogen-bond donors (Lipinski definition) is 0. The summed E-state index contributed by atoms with van der Waals surface area (Å²) in [6.07, 6.45) is 0.654. The molecule has 0 aliphatic heterocycles. The molecule has 0 amide bonds. The normalized spacial score (nSPS) is 10.7. The molecule has 0 saturated carbocycles. The van der Waals surface area contributed by atoms with Crippen LogP contribution in [0.5, 0.6) is 0 Å². The van der Waals surface area contributed by atoms with Crippen LogP contribution in [0.1, 0.15) is 11.4 Å². The van der Waals surface area contributed by atoms with Crippen molar-refractivity contribution in [3.05, 3.63) is 58.9 Å². The number of benzene rings is 2. The quantitative estimate of drug-likeness (QED) is 0.675. The number of nitriles is 1. The average Bonchev–Trinajstić information content (AvgIpc) is 2.85. The Hall–Kier alpha value is -2.02. The lowest BCUT2D eigenvalue weighted by molar-refractivity contribution is 0.912. The number of halogens is 2. The average molecular weight is 316 g/mol. The van der Waals surface area contributed by atoms with E-state index in [1.165, 1.54) is 0 Å². The van der Waals surface area contributed by atoms with E-state index in [0.29, 0.717) is 22.9 Å². The number of aromatic nitrogens is 2. The van der Waals surface area contributed by atoms with Crippen LogP contribution in [0, 0.1) is 11.3 Å². The van der Waals surface area contributed by atoms with E-state index in [1.54, 1.807) is 6.07 Å². The van der Waals surface area contributed by atoms with Crippen LogP contribution in [-0.2, 0) is 6.42 Å². The highest BCUT2D eigenvalue weighted by molar-refractivity contribution is 6.30. The summed E-state index contributed by atoms with van der Waals surface area (Å²) in [5.41, 5.74) is 3.31. The molecule has 0 aliphatic carbocycles. The fraction of sp³-hybridized carbons (Fsp3) is 0.125. The van der Waals surface area contributed by atoms with E-state index in [1.807, 2.05) is 41.0 Å². The van der Waals surface area contributed by atoms with Gasteiger partial charge >= 0.3 is 0 Å². The van der Waals surface area contributed by atoms with Gasteiger partial charge in [0, 0.05) is 23.0 Å². The third kappa shape index (κ3) is 2.61. The van der Waals surface area contributed by atoms with Crippen molar-refractivity contribution in [2.45, 2.75) is 6.42 Å². The second-order valence-corrected chi connectivity index (χ2v) is 5.41. The summed E-state index contributed by atoms with van der Waals surface area (Å²) in [7, 11) is 0. The van der Waals surface area contributed by atoms with Crippen LogP contribution >= 0.6 is 23.2 Å². The number of hydrogen-bond acceptors (Lipinski definition) is 2. The zero-order valence-corrected chi connectivity index (χ0v) is 12.6. The van der Waals surface area contributed by atoms with Crippen molar-refractivity contribution in [2.24, 2.45) is 0 Å². The molecule has 3 aromatic rings. The third-order valence-electron chi connectivity index (χ3n) is 3.26. The smallest absolute Gasteiger partial charge is 0.115 e. The van der Waals surface area contributed by atoms with Gasteiger partial charge in [-0.05, 0) is 42.5 Å². The van der Waals surface area contributed by atoms with E-state index in [0.717, 1.165) is 22.5 Å². The summed E-state index contributed by atoms with van der Waals surface area (Å²) in [6, 6.07) is 15.2. The Morgan fingerprint density at radius 2 is 1.90 bits per heavy atom. The Morgan fingerprint density at radius 1 is 1.14 bits per heavy atom. The van der Waals surface area contributed by atoms with Crippen molar-refractivity contribution >= 4 is 34.2 Å². The lowest BCUT2D eigenvalue weighted by atomic mass is 10.2. The molecule has 0 radical (unpaired) electrons. The number of nitrogens with zero attached hydrogens (tertiary/aromatic N) is 3. The summed E-state index contributed by atoms with van der Waals surface area (Å²) < 4.78 is 2.02. The van der Waals surface area contributed by atoms with E-state index in [2.05, 4.69) is 11.1 Å². The van der Waals surface area contributed by atoms with E-state index in [-0.39, 0.29) is 0 Å². The van der Waals surface area contributed by atoms with Gasteiger partial charge in [0.2, 0.25) is 0 Å². The molecule has 21 heavy (non-hydrogen) atoms. The second-order valence-electron chi connectivity index (χ2n) is 4.59. The molecule has 0 atom stereocenters. The molecule has 0 spiro atoms. The Kier molecular flexibility index (Phi) is 3.83. The first-order valence-electron chi connectivity index (χ1n) is 6.46. The van der Waals surface area contributed by atoms with Gasteiger partial charge in [-0.3, -0.25) is 4.57 Å². The largest absolute Gasteiger partial charge is 0.296 e. The minimum Gasteiger partial charge on any atom is -0.296 e. The van der Waals surface area contributed by atoms with Crippen LogP contribution in [0.15, 0.2) is 42.5 Å². The molecule has 0 unspecified atom stereocenters. The van der Waals surface area contributed by atoms with Gasteiger partial charge in [0.05, 0.1) is 22.7 Å². The Morgan fingerprint density at radius 3 is 2.57 bits per heavy atom. The number of imidazole rings is 1. The zero-order chi connectivity index (χ0) is 14.8. The van der Waals surface area contributed by atoms with Crippen molar-refractivity contribution in [3.8, 4) is 11.8 Å². The molecule has 0 bridgehead atoms. The molecule has 0 aliphatic rings. The van der Waals surface area contributed by atoms with Crippen LogP contribution < -0.4 is 0 Å². The van der Waals surface area contributed by atoms with Crippen molar-refractivity contribution in [3.63, 3.8) is 0 Å². The van der Waals surface area contributed by atoms with Crippen molar-refractivity contribution < 1.29 is 0 Å². The molecule has 0 saturated heterocycles. The fourth-order valence-electron chi connectivity index (χ4n) is 2.33. The highest BCUT2D eigenvalue weighted by atomic mass is 35.5. The zero-order valence-electron chi connectivity index (χ0n) is 11.1. The predicted octanol–water partition coefficient (Wildman–Crippen LogP) is 4.33. The topological polar surface area (TPSA) is 41.6 Å². The molecule has 1 aromatic heterocycles. The predicted molar refractivity (Wildman–Crippen MR) is 85.2 cm³/mol. The van der Waals surface area contributed by atoms with Gasteiger partial charge < -0.3 is 0 Å². The van der Waals surface area contributed by atoms with Crippen molar-refractivity contribution in [1.29, 1.82) is 5.26 Å². The fourth-order valence-corrected chi connectivity index (χ4v) is 2.62. The molecule has 5 heteroatoms. The first kappa shape index (κ1) is 13.9. The first-order chi connectivity index (χ1) is 10.2. The van der Waals surface area contributed by atoms with E-state index < -0.39 is 0 Å². The molecule has 3 rings (SSSR count). The Bertz CT molecular complexity index is 829. The van der Waals surface area contributed by atoms with Gasteiger partial charge in [0.15, 0.2) is 0 Å². The molecule has 3 nitrogen and oxygen atoms in total.